The average Bonchev–Trinajstić information content (AvgIpc) is 2.66. The Morgan fingerprint density at radius 1 is 1.73 bits per heavy atom. The zero-order chi connectivity index (χ0) is 10.5. The van der Waals surface area contributed by atoms with Gasteiger partial charge in [-0.05, 0) is 6.92 Å². The molecule has 0 aliphatic carbocycles. The molecule has 0 aromatic carbocycles. The molecule has 1 aromatic rings. The van der Waals surface area contributed by atoms with Crippen molar-refractivity contribution in [1.29, 1.82) is 0 Å². The van der Waals surface area contributed by atoms with Crippen LogP contribution in [0.3, 0.4) is 0 Å². The summed E-state index contributed by atoms with van der Waals surface area (Å²) in [5.41, 5.74) is 0. The first-order valence-corrected chi connectivity index (χ1v) is 5.97. The second kappa shape index (κ2) is 5.55. The number of nitrogens with zero attached hydrogens (tertiary/aromatic N) is 1. The third-order valence-corrected chi connectivity index (χ3v) is 3.11. The number of hydrogen-bond acceptors (Lipinski definition) is 5. The fourth-order valence-corrected chi connectivity index (χ4v) is 2.22. The molecule has 2 rings (SSSR count). The number of nitrogens with one attached hydrogen (secondary N) is 1. The van der Waals surface area contributed by atoms with Crippen LogP contribution in [0.5, 0.6) is 0 Å². The first-order valence-electron chi connectivity index (χ1n) is 5.16. The second-order valence-corrected chi connectivity index (χ2v) is 4.88. The molecule has 0 bridgehead atoms. The van der Waals surface area contributed by atoms with Crippen LogP contribution in [0.15, 0.2) is 6.20 Å². The van der Waals surface area contributed by atoms with E-state index >= 15 is 0 Å². The summed E-state index contributed by atoms with van der Waals surface area (Å²) in [4.78, 5) is 5.35. The minimum atomic E-state index is 0.202. The molecule has 0 radical (unpaired) electrons. The summed E-state index contributed by atoms with van der Waals surface area (Å²) < 4.78 is 11.1. The lowest BCUT2D eigenvalue weighted by molar-refractivity contribution is -0.0353. The first kappa shape index (κ1) is 11.0. The van der Waals surface area contributed by atoms with Crippen molar-refractivity contribution in [3.05, 3.63) is 16.1 Å². The molecule has 0 saturated carbocycles. The molecular weight excluding hydrogens is 212 g/mol. The van der Waals surface area contributed by atoms with Gasteiger partial charge in [-0.3, -0.25) is 0 Å². The highest BCUT2D eigenvalue weighted by atomic mass is 32.1. The monoisotopic (exact) mass is 228 g/mol. The van der Waals surface area contributed by atoms with Gasteiger partial charge in [0.15, 0.2) is 0 Å². The number of thiazole rings is 1. The highest BCUT2D eigenvalue weighted by Gasteiger charge is 2.13. The fraction of sp³-hybridized carbons (Fsp3) is 0.700. The van der Waals surface area contributed by atoms with Crippen LogP contribution >= 0.6 is 11.3 Å². The highest BCUT2D eigenvalue weighted by Crippen LogP contribution is 2.12. The summed E-state index contributed by atoms with van der Waals surface area (Å²) in [6.07, 6.45) is 2.08. The van der Waals surface area contributed by atoms with E-state index in [0.717, 1.165) is 24.7 Å². The number of ether oxygens (including phenoxy) is 2. The molecule has 1 fully saturated rings. The van der Waals surface area contributed by atoms with Crippen LogP contribution in [-0.4, -0.2) is 37.4 Å². The van der Waals surface area contributed by atoms with Gasteiger partial charge in [-0.1, -0.05) is 0 Å². The van der Waals surface area contributed by atoms with Crippen LogP contribution in [0.2, 0.25) is 0 Å². The Morgan fingerprint density at radius 3 is 3.33 bits per heavy atom. The van der Waals surface area contributed by atoms with Crippen molar-refractivity contribution in [1.82, 2.24) is 10.3 Å². The molecule has 15 heavy (non-hydrogen) atoms. The summed E-state index contributed by atoms with van der Waals surface area (Å²) >= 11 is 1.68. The standard InChI is InChI=1S/C10H16N2O2S/c1-8-12-5-10(15-8)7-13-6-9-4-11-2-3-14-9/h5,9,11H,2-4,6-7H2,1H3. The van der Waals surface area contributed by atoms with Crippen molar-refractivity contribution in [2.45, 2.75) is 19.6 Å². The van der Waals surface area contributed by atoms with Gasteiger partial charge in [-0.2, -0.15) is 0 Å². The lowest BCUT2D eigenvalue weighted by atomic mass is 10.3. The molecule has 0 spiro atoms. The van der Waals surface area contributed by atoms with Gasteiger partial charge in [0.05, 0.1) is 35.8 Å². The molecule has 1 aliphatic heterocycles. The quantitative estimate of drug-likeness (QED) is 0.833. The van der Waals surface area contributed by atoms with E-state index in [9.17, 15) is 0 Å². The van der Waals surface area contributed by atoms with Crippen LogP contribution in [0.4, 0.5) is 0 Å². The van der Waals surface area contributed by atoms with Gasteiger partial charge in [0, 0.05) is 19.3 Å². The van der Waals surface area contributed by atoms with Gasteiger partial charge < -0.3 is 14.8 Å². The van der Waals surface area contributed by atoms with Crippen LogP contribution < -0.4 is 5.32 Å². The van der Waals surface area contributed by atoms with E-state index in [0.29, 0.717) is 13.2 Å². The van der Waals surface area contributed by atoms with E-state index in [4.69, 9.17) is 9.47 Å². The van der Waals surface area contributed by atoms with Gasteiger partial charge >= 0.3 is 0 Å². The summed E-state index contributed by atoms with van der Waals surface area (Å²) in [5.74, 6) is 0. The van der Waals surface area contributed by atoms with Gasteiger partial charge in [0.2, 0.25) is 0 Å². The SMILES string of the molecule is Cc1ncc(COCC2CNCCO2)s1. The largest absolute Gasteiger partial charge is 0.373 e. The predicted molar refractivity (Wildman–Crippen MR) is 59.1 cm³/mol. The maximum Gasteiger partial charge on any atom is 0.0933 e. The number of hydrogen-bond donors (Lipinski definition) is 1. The van der Waals surface area contributed by atoms with Crippen LogP contribution in [0, 0.1) is 6.92 Å². The van der Waals surface area contributed by atoms with E-state index in [1.807, 2.05) is 13.1 Å². The Morgan fingerprint density at radius 2 is 2.67 bits per heavy atom. The minimum absolute atomic E-state index is 0.202. The van der Waals surface area contributed by atoms with E-state index in [-0.39, 0.29) is 6.10 Å². The van der Waals surface area contributed by atoms with Crippen molar-refractivity contribution in [3.8, 4) is 0 Å². The topological polar surface area (TPSA) is 43.4 Å². The lowest BCUT2D eigenvalue weighted by Gasteiger charge is -2.23. The highest BCUT2D eigenvalue weighted by molar-refractivity contribution is 7.11. The zero-order valence-corrected chi connectivity index (χ0v) is 9.68. The van der Waals surface area contributed by atoms with Crippen molar-refractivity contribution < 1.29 is 9.47 Å². The normalized spacial score (nSPS) is 21.8. The first-order chi connectivity index (χ1) is 7.34. The summed E-state index contributed by atoms with van der Waals surface area (Å²) in [6, 6.07) is 0. The summed E-state index contributed by atoms with van der Waals surface area (Å²) in [5, 5.41) is 4.36. The van der Waals surface area contributed by atoms with Gasteiger partial charge in [0.1, 0.15) is 0 Å². The summed E-state index contributed by atoms with van der Waals surface area (Å²) in [6.45, 7) is 5.93. The van der Waals surface area contributed by atoms with Crippen LogP contribution in [-0.2, 0) is 16.1 Å². The molecule has 5 heteroatoms. The number of aryl methyl sites for hydroxylation is 1. The van der Waals surface area contributed by atoms with Crippen molar-refractivity contribution in [2.24, 2.45) is 0 Å². The molecular formula is C10H16N2O2S. The minimum Gasteiger partial charge on any atom is -0.373 e. The molecule has 1 unspecified atom stereocenters. The Labute approximate surface area is 93.6 Å². The van der Waals surface area contributed by atoms with E-state index in [1.54, 1.807) is 11.3 Å². The Balaban J connectivity index is 1.65. The molecule has 1 N–H and O–H groups in total. The van der Waals surface area contributed by atoms with Crippen molar-refractivity contribution >= 4 is 11.3 Å². The van der Waals surface area contributed by atoms with E-state index in [1.165, 1.54) is 4.88 Å². The van der Waals surface area contributed by atoms with Crippen LogP contribution in [0.25, 0.3) is 0 Å². The molecule has 1 atom stereocenters. The smallest absolute Gasteiger partial charge is 0.0933 e. The lowest BCUT2D eigenvalue weighted by Crippen LogP contribution is -2.40. The molecule has 1 saturated heterocycles. The third kappa shape index (κ3) is 3.53. The molecule has 2 heterocycles. The molecule has 84 valence electrons. The van der Waals surface area contributed by atoms with Crippen molar-refractivity contribution in [2.75, 3.05) is 26.3 Å². The second-order valence-electron chi connectivity index (χ2n) is 3.56. The summed E-state index contributed by atoms with van der Waals surface area (Å²) in [7, 11) is 0. The maximum absolute atomic E-state index is 5.58. The third-order valence-electron chi connectivity index (χ3n) is 2.22. The molecule has 4 nitrogen and oxygen atoms in total. The van der Waals surface area contributed by atoms with Gasteiger partial charge in [-0.15, -0.1) is 11.3 Å². The number of rotatable bonds is 4. The van der Waals surface area contributed by atoms with Crippen molar-refractivity contribution in [3.63, 3.8) is 0 Å². The maximum atomic E-state index is 5.58. The fourth-order valence-electron chi connectivity index (χ4n) is 1.49. The Bertz CT molecular complexity index is 297. The molecule has 1 aromatic heterocycles. The zero-order valence-electron chi connectivity index (χ0n) is 8.86. The van der Waals surface area contributed by atoms with E-state index < -0.39 is 0 Å². The number of morpholine rings is 1. The van der Waals surface area contributed by atoms with E-state index in [2.05, 4.69) is 10.3 Å². The predicted octanol–water partition coefficient (Wildman–Crippen LogP) is 0.957. The van der Waals surface area contributed by atoms with Crippen LogP contribution in [0.1, 0.15) is 9.88 Å². The Kier molecular flexibility index (Phi) is 4.08. The molecule has 0 amide bonds. The number of aromatic nitrogens is 1. The average molecular weight is 228 g/mol. The van der Waals surface area contributed by atoms with Gasteiger partial charge in [0.25, 0.3) is 0 Å². The van der Waals surface area contributed by atoms with Gasteiger partial charge in [-0.25, -0.2) is 4.98 Å². The Hall–Kier alpha value is -0.490. The molecule has 1 aliphatic rings.